The molecule has 4 aliphatic rings. The maximum absolute atomic E-state index is 14.4. The Hall–Kier alpha value is -2.45. The molecule has 47 heavy (non-hydrogen) atoms. The number of carbonyl (C=O) groups is 3. The first-order valence-electron chi connectivity index (χ1n) is 18.6. The fourth-order valence-electron chi connectivity index (χ4n) is 8.89. The van der Waals surface area contributed by atoms with E-state index in [0.29, 0.717) is 18.8 Å². The zero-order valence-corrected chi connectivity index (χ0v) is 31.0. The number of fused-ring (bicyclic) bond motifs is 5. The standard InChI is InChI=1S/C38H65N3O6/c1-23(2)20-32(39-34(42)46-37(5,6)7)41(33(21-24(3)4)40-35(43)47-38(8,9)10)36(44)45-27-16-19-29-26(22-27)15-18-30-28-13-11-12-25(28)14-17-31(29)30/h15,23-25,27-33H,11-14,16-22H2,1-10H3,(H,39,42)(H,40,43). The van der Waals surface area contributed by atoms with Gasteiger partial charge in [-0.1, -0.05) is 52.2 Å². The highest BCUT2D eigenvalue weighted by molar-refractivity contribution is 5.73. The number of alkyl carbamates (subject to hydrolysis) is 2. The lowest BCUT2D eigenvalue weighted by molar-refractivity contribution is -0.00948. The first-order valence-corrected chi connectivity index (χ1v) is 18.6. The SMILES string of the molecule is CC(C)CC(NC(=O)OC(C)(C)C)N(C(=O)OC1CCC2C(=CCC3C4CCCC4CCC23)C1)C(CC(C)C)NC(=O)OC(C)(C)C. The quantitative estimate of drug-likeness (QED) is 0.145. The second-order valence-corrected chi connectivity index (χ2v) is 17.7. The van der Waals surface area contributed by atoms with Crippen molar-refractivity contribution >= 4 is 18.3 Å². The molecule has 8 atom stereocenters. The molecule has 0 saturated heterocycles. The van der Waals surface area contributed by atoms with Crippen LogP contribution in [0.5, 0.6) is 0 Å². The van der Waals surface area contributed by atoms with Gasteiger partial charge in [-0.15, -0.1) is 0 Å². The summed E-state index contributed by atoms with van der Waals surface area (Å²) in [5.41, 5.74) is 0.0352. The molecular weight excluding hydrogens is 594 g/mol. The van der Waals surface area contributed by atoms with Crippen molar-refractivity contribution in [2.75, 3.05) is 0 Å². The Morgan fingerprint density at radius 2 is 1.34 bits per heavy atom. The van der Waals surface area contributed by atoms with E-state index in [9.17, 15) is 14.4 Å². The van der Waals surface area contributed by atoms with Gasteiger partial charge in [-0.2, -0.15) is 0 Å². The van der Waals surface area contributed by atoms with E-state index < -0.39 is 41.8 Å². The smallest absolute Gasteiger partial charge is 0.413 e. The highest BCUT2D eigenvalue weighted by Gasteiger charge is 2.48. The zero-order valence-electron chi connectivity index (χ0n) is 31.0. The largest absolute Gasteiger partial charge is 0.446 e. The third kappa shape index (κ3) is 10.5. The number of hydrogen-bond acceptors (Lipinski definition) is 6. The van der Waals surface area contributed by atoms with Crippen LogP contribution in [-0.2, 0) is 14.2 Å². The third-order valence-corrected chi connectivity index (χ3v) is 10.5. The average Bonchev–Trinajstić information content (AvgIpc) is 3.39. The molecule has 0 spiro atoms. The molecule has 268 valence electrons. The summed E-state index contributed by atoms with van der Waals surface area (Å²) in [6.45, 7) is 19.0. The molecule has 2 N–H and O–H groups in total. The van der Waals surface area contributed by atoms with Gasteiger partial charge in [-0.3, -0.25) is 4.90 Å². The zero-order chi connectivity index (χ0) is 34.7. The lowest BCUT2D eigenvalue weighted by atomic mass is 9.57. The number of hydrogen-bond donors (Lipinski definition) is 2. The number of rotatable bonds is 9. The fourth-order valence-corrected chi connectivity index (χ4v) is 8.89. The second-order valence-electron chi connectivity index (χ2n) is 17.7. The number of amides is 3. The van der Waals surface area contributed by atoms with Gasteiger partial charge in [0, 0.05) is 6.42 Å². The predicted molar refractivity (Wildman–Crippen MR) is 184 cm³/mol. The Morgan fingerprint density at radius 3 is 1.87 bits per heavy atom. The van der Waals surface area contributed by atoms with Crippen LogP contribution >= 0.6 is 0 Å². The highest BCUT2D eigenvalue weighted by Crippen LogP contribution is 2.56. The average molecular weight is 660 g/mol. The minimum atomic E-state index is -0.774. The van der Waals surface area contributed by atoms with Gasteiger partial charge in [0.15, 0.2) is 0 Å². The molecular formula is C38H65N3O6. The Bertz CT molecular complexity index is 1080. The molecule has 9 heteroatoms. The summed E-state index contributed by atoms with van der Waals surface area (Å²) < 4.78 is 17.6. The maximum Gasteiger partial charge on any atom is 0.413 e. The van der Waals surface area contributed by atoms with Crippen molar-refractivity contribution in [1.29, 1.82) is 0 Å². The lowest BCUT2D eigenvalue weighted by Crippen LogP contribution is -2.61. The molecule has 3 amide bonds. The van der Waals surface area contributed by atoms with E-state index in [4.69, 9.17) is 14.2 Å². The number of nitrogens with zero attached hydrogens (tertiary/aromatic N) is 1. The second kappa shape index (κ2) is 15.4. The van der Waals surface area contributed by atoms with Crippen molar-refractivity contribution in [2.45, 2.75) is 170 Å². The Morgan fingerprint density at radius 1 is 0.766 bits per heavy atom. The van der Waals surface area contributed by atoms with E-state index >= 15 is 0 Å². The van der Waals surface area contributed by atoms with E-state index in [-0.39, 0.29) is 17.9 Å². The summed E-state index contributed by atoms with van der Waals surface area (Å²) in [7, 11) is 0. The Balaban J connectivity index is 1.57. The molecule has 9 nitrogen and oxygen atoms in total. The van der Waals surface area contributed by atoms with E-state index in [0.717, 1.165) is 49.4 Å². The number of allylic oxidation sites excluding steroid dienone is 1. The van der Waals surface area contributed by atoms with Crippen LogP contribution < -0.4 is 10.6 Å². The van der Waals surface area contributed by atoms with E-state index in [1.807, 2.05) is 27.7 Å². The van der Waals surface area contributed by atoms with Crippen LogP contribution in [0.15, 0.2) is 11.6 Å². The summed E-state index contributed by atoms with van der Waals surface area (Å²) in [5, 5.41) is 5.91. The number of carbonyl (C=O) groups excluding carboxylic acids is 3. The molecule has 0 aromatic carbocycles. The molecule has 4 aliphatic carbocycles. The maximum atomic E-state index is 14.4. The van der Waals surface area contributed by atoms with Gasteiger partial charge in [0.2, 0.25) is 0 Å². The van der Waals surface area contributed by atoms with Crippen LogP contribution in [-0.4, -0.2) is 52.8 Å². The van der Waals surface area contributed by atoms with Crippen molar-refractivity contribution in [1.82, 2.24) is 15.5 Å². The van der Waals surface area contributed by atoms with E-state index in [1.54, 1.807) is 41.5 Å². The third-order valence-electron chi connectivity index (χ3n) is 10.5. The van der Waals surface area contributed by atoms with Crippen LogP contribution in [0.1, 0.15) is 140 Å². The van der Waals surface area contributed by atoms with Crippen molar-refractivity contribution in [3.8, 4) is 0 Å². The molecule has 3 saturated carbocycles. The molecule has 0 radical (unpaired) electrons. The Labute approximate surface area is 284 Å². The van der Waals surface area contributed by atoms with Crippen molar-refractivity contribution < 1.29 is 28.6 Å². The van der Waals surface area contributed by atoms with Crippen LogP contribution in [0.3, 0.4) is 0 Å². The summed E-state index contributed by atoms with van der Waals surface area (Å²) in [4.78, 5) is 42.2. The molecule has 8 unspecified atom stereocenters. The summed E-state index contributed by atoms with van der Waals surface area (Å²) in [6.07, 6.45) is 10.5. The van der Waals surface area contributed by atoms with Crippen LogP contribution in [0.25, 0.3) is 0 Å². The molecule has 0 bridgehead atoms. The summed E-state index contributed by atoms with van der Waals surface area (Å²) >= 11 is 0. The monoisotopic (exact) mass is 659 g/mol. The van der Waals surface area contributed by atoms with Crippen molar-refractivity contribution in [3.05, 3.63) is 11.6 Å². The van der Waals surface area contributed by atoms with E-state index in [2.05, 4.69) is 16.7 Å². The van der Waals surface area contributed by atoms with E-state index in [1.165, 1.54) is 42.6 Å². The van der Waals surface area contributed by atoms with Crippen LogP contribution in [0, 0.1) is 41.4 Å². The summed E-state index contributed by atoms with van der Waals surface area (Å²) in [6, 6.07) is 0. The van der Waals surface area contributed by atoms with Gasteiger partial charge in [-0.05, 0) is 134 Å². The molecule has 0 aromatic rings. The first-order chi connectivity index (χ1) is 21.9. The molecule has 0 aromatic heterocycles. The van der Waals surface area contributed by atoms with Gasteiger partial charge in [0.1, 0.15) is 29.6 Å². The molecule has 0 aliphatic heterocycles. The molecule has 3 fully saturated rings. The van der Waals surface area contributed by atoms with Gasteiger partial charge in [0.25, 0.3) is 0 Å². The highest BCUT2D eigenvalue weighted by atomic mass is 16.6. The fraction of sp³-hybridized carbons (Fsp3) is 0.868. The number of nitrogens with one attached hydrogen (secondary N) is 2. The van der Waals surface area contributed by atoms with Crippen LogP contribution in [0.4, 0.5) is 14.4 Å². The summed E-state index contributed by atoms with van der Waals surface area (Å²) in [5.74, 6) is 4.29. The van der Waals surface area contributed by atoms with Crippen LogP contribution in [0.2, 0.25) is 0 Å². The van der Waals surface area contributed by atoms with Crippen molar-refractivity contribution in [2.24, 2.45) is 41.4 Å². The van der Waals surface area contributed by atoms with Gasteiger partial charge in [-0.25, -0.2) is 14.4 Å². The predicted octanol–water partition coefficient (Wildman–Crippen LogP) is 9.16. The van der Waals surface area contributed by atoms with Gasteiger partial charge >= 0.3 is 18.3 Å². The topological polar surface area (TPSA) is 106 Å². The molecule has 0 heterocycles. The normalized spacial score (nSPS) is 28.6. The lowest BCUT2D eigenvalue weighted by Gasteiger charge is -2.49. The van der Waals surface area contributed by atoms with Gasteiger partial charge in [0.05, 0.1) is 0 Å². The minimum Gasteiger partial charge on any atom is -0.446 e. The number of ether oxygens (including phenoxy) is 3. The minimum absolute atomic E-state index is 0.122. The van der Waals surface area contributed by atoms with Gasteiger partial charge < -0.3 is 24.8 Å². The Kier molecular flexibility index (Phi) is 12.2. The van der Waals surface area contributed by atoms with Crippen molar-refractivity contribution in [3.63, 3.8) is 0 Å². The molecule has 4 rings (SSSR count). The first kappa shape index (κ1) is 37.4.